The van der Waals surface area contributed by atoms with E-state index < -0.39 is 10.9 Å². The number of amides is 1. The first-order valence-corrected chi connectivity index (χ1v) is 6.28. The molecule has 0 fully saturated rings. The zero-order valence-corrected chi connectivity index (χ0v) is 10.7. The minimum absolute atomic E-state index is 0.00332. The van der Waals surface area contributed by atoms with Crippen molar-refractivity contribution in [1.82, 2.24) is 0 Å². The van der Waals surface area contributed by atoms with Crippen molar-refractivity contribution in [2.75, 3.05) is 11.4 Å². The molecule has 7 nitrogen and oxygen atoms in total. The van der Waals surface area contributed by atoms with Gasteiger partial charge in [-0.3, -0.25) is 19.7 Å². The lowest BCUT2D eigenvalue weighted by atomic mass is 10.0. The predicted octanol–water partition coefficient (Wildman–Crippen LogP) is 1.74. The number of nitro benzene ring substituents is 1. The highest BCUT2D eigenvalue weighted by molar-refractivity contribution is 5.96. The SMILES string of the molecule is O=C(O)CCC(=O)N1CCCc2cc([N+](=O)[O-])ccc21. The molecule has 0 unspecified atom stereocenters. The molecule has 0 aromatic heterocycles. The van der Waals surface area contributed by atoms with Crippen LogP contribution in [0.25, 0.3) is 0 Å². The third-order valence-electron chi connectivity index (χ3n) is 3.25. The highest BCUT2D eigenvalue weighted by Gasteiger charge is 2.24. The van der Waals surface area contributed by atoms with Crippen LogP contribution in [0.1, 0.15) is 24.8 Å². The third-order valence-corrected chi connectivity index (χ3v) is 3.25. The van der Waals surface area contributed by atoms with Crippen molar-refractivity contribution in [2.45, 2.75) is 25.7 Å². The number of rotatable bonds is 4. The van der Waals surface area contributed by atoms with Crippen LogP contribution in [-0.2, 0) is 16.0 Å². The van der Waals surface area contributed by atoms with Gasteiger partial charge in [0, 0.05) is 30.8 Å². The molecule has 0 radical (unpaired) electrons. The van der Waals surface area contributed by atoms with Crippen LogP contribution in [0, 0.1) is 10.1 Å². The number of non-ortho nitro benzene ring substituents is 1. The van der Waals surface area contributed by atoms with Crippen molar-refractivity contribution < 1.29 is 19.6 Å². The second-order valence-electron chi connectivity index (χ2n) is 4.61. The van der Waals surface area contributed by atoms with Gasteiger partial charge in [0.25, 0.3) is 5.69 Å². The lowest BCUT2D eigenvalue weighted by molar-refractivity contribution is -0.384. The first kappa shape index (κ1) is 14.0. The maximum Gasteiger partial charge on any atom is 0.303 e. The molecule has 1 aromatic carbocycles. The van der Waals surface area contributed by atoms with E-state index in [9.17, 15) is 19.7 Å². The van der Waals surface area contributed by atoms with Crippen LogP contribution in [0.5, 0.6) is 0 Å². The monoisotopic (exact) mass is 278 g/mol. The Labute approximate surface area is 115 Å². The summed E-state index contributed by atoms with van der Waals surface area (Å²) < 4.78 is 0. The Morgan fingerprint density at radius 2 is 2.10 bits per heavy atom. The van der Waals surface area contributed by atoms with E-state index >= 15 is 0 Å². The zero-order valence-electron chi connectivity index (χ0n) is 10.7. The smallest absolute Gasteiger partial charge is 0.303 e. The molecule has 1 heterocycles. The van der Waals surface area contributed by atoms with E-state index in [-0.39, 0.29) is 24.4 Å². The summed E-state index contributed by atoms with van der Waals surface area (Å²) in [6, 6.07) is 4.40. The molecule has 106 valence electrons. The number of benzene rings is 1. The van der Waals surface area contributed by atoms with Gasteiger partial charge >= 0.3 is 5.97 Å². The van der Waals surface area contributed by atoms with Gasteiger partial charge in [0.2, 0.25) is 5.91 Å². The van der Waals surface area contributed by atoms with Crippen LogP contribution in [0.3, 0.4) is 0 Å². The van der Waals surface area contributed by atoms with Gasteiger partial charge in [-0.15, -0.1) is 0 Å². The Bertz CT molecular complexity index is 570. The summed E-state index contributed by atoms with van der Waals surface area (Å²) in [7, 11) is 0. The van der Waals surface area contributed by atoms with Crippen LogP contribution in [0.15, 0.2) is 18.2 Å². The average Bonchev–Trinajstić information content (AvgIpc) is 2.43. The van der Waals surface area contributed by atoms with Crippen LogP contribution >= 0.6 is 0 Å². The number of anilines is 1. The van der Waals surface area contributed by atoms with Crippen molar-refractivity contribution in [1.29, 1.82) is 0 Å². The second kappa shape index (κ2) is 5.68. The molecule has 0 bridgehead atoms. The third kappa shape index (κ3) is 2.93. The fraction of sp³-hybridized carbons (Fsp3) is 0.385. The molecule has 1 aromatic rings. The number of nitro groups is 1. The van der Waals surface area contributed by atoms with Gasteiger partial charge in [-0.05, 0) is 24.5 Å². The highest BCUT2D eigenvalue weighted by Crippen LogP contribution is 2.30. The molecule has 1 aliphatic heterocycles. The number of nitrogens with zero attached hydrogens (tertiary/aromatic N) is 2. The number of carboxylic acid groups (broad SMARTS) is 1. The number of aryl methyl sites for hydroxylation is 1. The van der Waals surface area contributed by atoms with Crippen LogP contribution < -0.4 is 4.90 Å². The van der Waals surface area contributed by atoms with Gasteiger partial charge in [-0.1, -0.05) is 0 Å². The summed E-state index contributed by atoms with van der Waals surface area (Å²) in [6.45, 7) is 0.517. The van der Waals surface area contributed by atoms with Crippen LogP contribution in [0.4, 0.5) is 11.4 Å². The van der Waals surface area contributed by atoms with E-state index in [2.05, 4.69) is 0 Å². The molecule has 20 heavy (non-hydrogen) atoms. The predicted molar refractivity (Wildman–Crippen MR) is 70.6 cm³/mol. The molecule has 0 spiro atoms. The molecule has 0 saturated heterocycles. The Morgan fingerprint density at radius 1 is 1.35 bits per heavy atom. The Hall–Kier alpha value is -2.44. The zero-order chi connectivity index (χ0) is 14.7. The standard InChI is InChI=1S/C13H14N2O5/c16-12(5-6-13(17)18)14-7-1-2-9-8-10(15(19)20)3-4-11(9)14/h3-4,8H,1-2,5-7H2,(H,17,18). The molecule has 0 saturated carbocycles. The number of hydrogen-bond donors (Lipinski definition) is 1. The number of fused-ring (bicyclic) bond motifs is 1. The van der Waals surface area contributed by atoms with Gasteiger partial charge in [0.1, 0.15) is 0 Å². The molecule has 1 N–H and O–H groups in total. The summed E-state index contributed by atoms with van der Waals surface area (Å²) in [4.78, 5) is 34.3. The van der Waals surface area contributed by atoms with Crippen LogP contribution in [0.2, 0.25) is 0 Å². The maximum absolute atomic E-state index is 12.0. The molecule has 7 heteroatoms. The number of carboxylic acids is 1. The van der Waals surface area contributed by atoms with E-state index in [1.807, 2.05) is 0 Å². The molecule has 2 rings (SSSR count). The fourth-order valence-electron chi connectivity index (χ4n) is 2.30. The summed E-state index contributed by atoms with van der Waals surface area (Å²) in [5, 5.41) is 19.3. The number of carbonyl (C=O) groups is 2. The van der Waals surface area contributed by atoms with Crippen molar-refractivity contribution in [3.8, 4) is 0 Å². The fourth-order valence-corrected chi connectivity index (χ4v) is 2.30. The van der Waals surface area contributed by atoms with Gasteiger partial charge in [-0.2, -0.15) is 0 Å². The van der Waals surface area contributed by atoms with Gasteiger partial charge in [0.15, 0.2) is 0 Å². The van der Waals surface area contributed by atoms with Crippen molar-refractivity contribution >= 4 is 23.3 Å². The van der Waals surface area contributed by atoms with Crippen LogP contribution in [-0.4, -0.2) is 28.5 Å². The quantitative estimate of drug-likeness (QED) is 0.667. The molecular weight excluding hydrogens is 264 g/mol. The van der Waals surface area contributed by atoms with E-state index in [0.29, 0.717) is 25.1 Å². The minimum Gasteiger partial charge on any atom is -0.481 e. The molecule has 0 aliphatic carbocycles. The average molecular weight is 278 g/mol. The molecule has 0 atom stereocenters. The summed E-state index contributed by atoms with van der Waals surface area (Å²) >= 11 is 0. The first-order valence-electron chi connectivity index (χ1n) is 6.28. The lowest BCUT2D eigenvalue weighted by Gasteiger charge is -2.29. The van der Waals surface area contributed by atoms with E-state index in [0.717, 1.165) is 5.56 Å². The maximum atomic E-state index is 12.0. The van der Waals surface area contributed by atoms with Gasteiger partial charge in [-0.25, -0.2) is 0 Å². The first-order chi connectivity index (χ1) is 9.49. The summed E-state index contributed by atoms with van der Waals surface area (Å²) in [5.74, 6) is -1.28. The normalized spacial score (nSPS) is 13.7. The van der Waals surface area contributed by atoms with Gasteiger partial charge in [0.05, 0.1) is 11.3 Å². The number of carbonyl (C=O) groups excluding carboxylic acids is 1. The van der Waals surface area contributed by atoms with E-state index in [1.165, 1.54) is 17.0 Å². The number of aliphatic carboxylic acids is 1. The Kier molecular flexibility index (Phi) is 3.97. The topological polar surface area (TPSA) is 101 Å². The number of hydrogen-bond acceptors (Lipinski definition) is 4. The highest BCUT2D eigenvalue weighted by atomic mass is 16.6. The van der Waals surface area contributed by atoms with Crippen molar-refractivity contribution in [2.24, 2.45) is 0 Å². The summed E-state index contributed by atoms with van der Waals surface area (Å²) in [6.07, 6.45) is 1.12. The largest absolute Gasteiger partial charge is 0.481 e. The lowest BCUT2D eigenvalue weighted by Crippen LogP contribution is -2.35. The van der Waals surface area contributed by atoms with Crippen molar-refractivity contribution in [3.63, 3.8) is 0 Å². The molecule has 1 aliphatic rings. The molecular formula is C13H14N2O5. The Balaban J connectivity index is 2.22. The van der Waals surface area contributed by atoms with E-state index in [1.54, 1.807) is 6.07 Å². The molecule has 1 amide bonds. The second-order valence-corrected chi connectivity index (χ2v) is 4.61. The van der Waals surface area contributed by atoms with E-state index in [4.69, 9.17) is 5.11 Å². The summed E-state index contributed by atoms with van der Waals surface area (Å²) in [5.41, 5.74) is 1.41. The Morgan fingerprint density at radius 3 is 2.75 bits per heavy atom. The minimum atomic E-state index is -1.01. The van der Waals surface area contributed by atoms with Gasteiger partial charge < -0.3 is 10.0 Å². The van der Waals surface area contributed by atoms with Crippen molar-refractivity contribution in [3.05, 3.63) is 33.9 Å².